The summed E-state index contributed by atoms with van der Waals surface area (Å²) in [7, 11) is 3.47. The predicted molar refractivity (Wildman–Crippen MR) is 145 cm³/mol. The maximum absolute atomic E-state index is 11.6. The van der Waals surface area contributed by atoms with Crippen molar-refractivity contribution in [1.82, 2.24) is 10.2 Å². The van der Waals surface area contributed by atoms with Gasteiger partial charge in [-0.25, -0.2) is 0 Å². The van der Waals surface area contributed by atoms with Crippen LogP contribution in [-0.2, 0) is 23.7 Å². The lowest BCUT2D eigenvalue weighted by molar-refractivity contribution is -0.314. The van der Waals surface area contributed by atoms with Crippen LogP contribution in [0.2, 0.25) is 4.24 Å². The lowest BCUT2D eigenvalue weighted by atomic mass is 9.83. The van der Waals surface area contributed by atoms with E-state index >= 15 is 0 Å². The fraction of sp³-hybridized carbons (Fsp3) is 0.962. The Morgan fingerprint density at radius 1 is 1.12 bits per heavy atom. The molecule has 1 saturated carbocycles. The number of nitrogens with zero attached hydrogens (tertiary/aromatic N) is 1. The number of carboxylic acid groups (broad SMARTS) is 1. The van der Waals surface area contributed by atoms with Crippen LogP contribution in [0.25, 0.3) is 0 Å². The molecule has 2 heterocycles. The van der Waals surface area contributed by atoms with Gasteiger partial charge in [-0.15, -0.1) is 0 Å². The smallest absolute Gasteiger partial charge is 0.303 e. The van der Waals surface area contributed by atoms with Crippen LogP contribution in [0.3, 0.4) is 0 Å². The van der Waals surface area contributed by atoms with Crippen molar-refractivity contribution in [3.63, 3.8) is 0 Å². The number of rotatable bonds is 16. The van der Waals surface area contributed by atoms with Crippen molar-refractivity contribution in [1.29, 1.82) is 0 Å². The quantitative estimate of drug-likeness (QED) is 0.0889. The van der Waals surface area contributed by atoms with E-state index in [2.05, 4.69) is 22.5 Å². The maximum atomic E-state index is 11.6. The van der Waals surface area contributed by atoms with Crippen LogP contribution in [0.5, 0.6) is 0 Å². The van der Waals surface area contributed by atoms with Crippen molar-refractivity contribution in [2.24, 2.45) is 17.2 Å². The van der Waals surface area contributed by atoms with Gasteiger partial charge in [-0.1, -0.05) is 6.42 Å². The molecule has 5 unspecified atom stereocenters. The summed E-state index contributed by atoms with van der Waals surface area (Å²) in [4.78, 5) is 12.6. The van der Waals surface area contributed by atoms with Gasteiger partial charge in [-0.05, 0) is 59.7 Å². The molecule has 2 aliphatic heterocycles. The van der Waals surface area contributed by atoms with Crippen molar-refractivity contribution in [3.8, 4) is 0 Å². The Labute approximate surface area is 240 Å². The number of likely N-dealkylation sites (N-methyl/N-ethyl adjacent to an activating group) is 2. The molecule has 234 valence electrons. The first-order chi connectivity index (χ1) is 20.5. The highest BCUT2D eigenvalue weighted by Gasteiger charge is 2.52. The highest BCUT2D eigenvalue weighted by Crippen LogP contribution is 2.33. The van der Waals surface area contributed by atoms with Gasteiger partial charge < -0.3 is 61.9 Å². The van der Waals surface area contributed by atoms with E-state index in [0.717, 1.165) is 0 Å². The third-order valence-corrected chi connectivity index (χ3v) is 8.27. The molecule has 3 rings (SSSR count). The lowest BCUT2D eigenvalue weighted by Gasteiger charge is -2.50. The first kappa shape index (κ1) is 29.1. The fourth-order valence-electron chi connectivity index (χ4n) is 6.04. The number of hydrogen-bond donors (Lipinski definition) is 8. The minimum atomic E-state index is -1.42. The van der Waals surface area contributed by atoms with Gasteiger partial charge in [0.15, 0.2) is 12.6 Å². The van der Waals surface area contributed by atoms with E-state index in [1.54, 1.807) is 25.9 Å². The Morgan fingerprint density at radius 3 is 2.55 bits per heavy atom. The summed E-state index contributed by atoms with van der Waals surface area (Å²) < 4.78 is 47.2. The van der Waals surface area contributed by atoms with Crippen molar-refractivity contribution in [2.75, 3.05) is 33.8 Å². The molecule has 14 heteroatoms. The van der Waals surface area contributed by atoms with Gasteiger partial charge in [0.25, 0.3) is 0 Å². The molecular formula is C26H51N5O9. The Kier molecular flexibility index (Phi) is 10.9. The van der Waals surface area contributed by atoms with Crippen LogP contribution in [0.1, 0.15) is 51.9 Å². The standard InChI is InChI=1S/C26H51N5O9/c1-26(36)13-37-25(20(35)23(26)31(3)10-6-4-5-7-18(32)33)39-21-16(29)11-17(30-2)22(19(21)34)40-24-15(28)9-8-14(12-27)38-24/h14-17,19-25,30,34-36H,4-13,27-29H2,1-3H3,(H,32,33)/t14-,15+,16+,17-,19+,20+,21?,22?,23?,24?,25?,26-/m0/s1/i/hT3. The van der Waals surface area contributed by atoms with Crippen molar-refractivity contribution in [2.45, 2.75) is 125 Å². The molecule has 12 atom stereocenters. The van der Waals surface area contributed by atoms with Gasteiger partial charge in [0, 0.05) is 25.0 Å². The number of carbonyl (C=O) groups is 1. The number of ether oxygens (including phenoxy) is 4. The second-order valence-corrected chi connectivity index (χ2v) is 11.6. The summed E-state index contributed by atoms with van der Waals surface area (Å²) in [5, 5.41) is 46.0. The van der Waals surface area contributed by atoms with E-state index < -0.39 is 72.7 Å². The molecule has 40 heavy (non-hydrogen) atoms. The SMILES string of the molecule is [3H]NC[C@@H]1CC[C@@H](N[3H])C(OC2[C@H](O)C(OC3OC[C@](C)(O)C(N(C)CCCCCC(=O)O)[C@H]3O)[C@H](N[3H])C[C@@H]2NC)O1. The van der Waals surface area contributed by atoms with E-state index in [9.17, 15) is 20.1 Å². The first-order valence-corrected chi connectivity index (χ1v) is 14.2. The van der Waals surface area contributed by atoms with E-state index in [4.69, 9.17) is 28.3 Å². The van der Waals surface area contributed by atoms with E-state index in [-0.39, 0.29) is 25.7 Å². The summed E-state index contributed by atoms with van der Waals surface area (Å²) >= 11 is 0. The summed E-state index contributed by atoms with van der Waals surface area (Å²) in [6.07, 6.45) is -3.49. The second-order valence-electron chi connectivity index (χ2n) is 11.6. The first-order valence-electron chi connectivity index (χ1n) is 15.7. The Hall–Kier alpha value is -1.01. The molecule has 14 nitrogen and oxygen atoms in total. The van der Waals surface area contributed by atoms with Crippen LogP contribution >= 0.6 is 0 Å². The van der Waals surface area contributed by atoms with E-state index in [1.165, 1.54) is 0 Å². The number of aliphatic hydroxyl groups is 3. The van der Waals surface area contributed by atoms with Crippen LogP contribution < -0.4 is 22.5 Å². The maximum Gasteiger partial charge on any atom is 0.303 e. The molecule has 0 spiro atoms. The second kappa shape index (κ2) is 14.9. The van der Waals surface area contributed by atoms with Gasteiger partial charge >= 0.3 is 5.97 Å². The molecule has 1 aliphatic carbocycles. The molecule has 0 aromatic heterocycles. The van der Waals surface area contributed by atoms with Crippen LogP contribution in [0, 0.1) is 0 Å². The molecule has 0 bridgehead atoms. The van der Waals surface area contributed by atoms with Crippen LogP contribution in [0.15, 0.2) is 0 Å². The number of unbranched alkanes of at least 4 members (excludes halogenated alkanes) is 2. The van der Waals surface area contributed by atoms with E-state index in [0.29, 0.717) is 45.1 Å². The topological polar surface area (TPSA) is 228 Å². The Morgan fingerprint density at radius 2 is 1.88 bits per heavy atom. The molecule has 0 amide bonds. The third-order valence-electron chi connectivity index (χ3n) is 8.27. The monoisotopic (exact) mass is 583 g/mol. The highest BCUT2D eigenvalue weighted by atomic mass is 16.7. The van der Waals surface area contributed by atoms with E-state index in [1.807, 2.05) is 0 Å². The minimum absolute atomic E-state index is 0.0847. The number of carboxylic acids is 1. The molecule has 11 N–H and O–H groups in total. The third kappa shape index (κ3) is 8.30. The van der Waals surface area contributed by atoms with Crippen molar-refractivity contribution in [3.05, 3.63) is 0 Å². The largest absolute Gasteiger partial charge is 0.481 e. The molecule has 2 saturated heterocycles. The van der Waals surface area contributed by atoms with Gasteiger partial charge in [-0.3, -0.25) is 9.69 Å². The minimum Gasteiger partial charge on any atom is -0.481 e. The van der Waals surface area contributed by atoms with Crippen molar-refractivity contribution < 1.29 is 48.4 Å². The van der Waals surface area contributed by atoms with Crippen LogP contribution in [0.4, 0.5) is 0 Å². The Balaban J connectivity index is 1.72. The molecule has 0 radical (unpaired) electrons. The van der Waals surface area contributed by atoms with Gasteiger partial charge in [0.05, 0.1) is 24.8 Å². The van der Waals surface area contributed by atoms with Crippen LogP contribution in [-0.4, -0.2) is 138 Å². The summed E-state index contributed by atoms with van der Waals surface area (Å²) in [5.74, 6) is -0.847. The normalized spacial score (nSPS) is 43.7. The van der Waals surface area contributed by atoms with Gasteiger partial charge in [0.2, 0.25) is 0 Å². The average Bonchev–Trinajstić information content (AvgIpc) is 2.96. The van der Waals surface area contributed by atoms with Gasteiger partial charge in [0.1, 0.15) is 34.3 Å². The predicted octanol–water partition coefficient (Wildman–Crippen LogP) is -2.36. The average molecular weight is 584 g/mol. The number of aliphatic carboxylic acids is 1. The fourth-order valence-corrected chi connectivity index (χ4v) is 6.04. The number of nitrogens with one attached hydrogen (secondary N) is 1. The molecule has 3 fully saturated rings. The Bertz CT molecular complexity index is 856. The zero-order valence-electron chi connectivity index (χ0n) is 26.7. The summed E-state index contributed by atoms with van der Waals surface area (Å²) in [5.41, 5.74) is 5.83. The molecule has 0 aromatic rings. The molecule has 0 aromatic carbocycles. The van der Waals surface area contributed by atoms with Crippen molar-refractivity contribution >= 4 is 5.97 Å². The zero-order valence-corrected chi connectivity index (χ0v) is 23.7. The number of hydrogen-bond acceptors (Lipinski definition) is 13. The number of aliphatic hydroxyl groups excluding tert-OH is 2. The molecule has 3 aliphatic rings. The highest BCUT2D eigenvalue weighted by molar-refractivity contribution is 5.66. The summed E-state index contributed by atoms with van der Waals surface area (Å²) in [6, 6.07) is -2.34. The molecular weight excluding hydrogens is 526 g/mol. The zero-order chi connectivity index (χ0) is 31.7. The lowest BCUT2D eigenvalue weighted by Crippen LogP contribution is -2.69. The van der Waals surface area contributed by atoms with Gasteiger partial charge in [-0.2, -0.15) is 0 Å². The number of nitrogens with two attached hydrogens (primary N) is 3. The summed E-state index contributed by atoms with van der Waals surface area (Å²) in [6.45, 7) is 2.19.